The van der Waals surface area contributed by atoms with Crippen molar-refractivity contribution in [3.05, 3.63) is 53.1 Å². The van der Waals surface area contributed by atoms with Crippen molar-refractivity contribution in [1.82, 2.24) is 0 Å². The number of anilines is 1. The first-order chi connectivity index (χ1) is 10.9. The lowest BCUT2D eigenvalue weighted by atomic mass is 10.1. The van der Waals surface area contributed by atoms with Crippen LogP contribution in [-0.2, 0) is 16.4 Å². The molecule has 2 aromatic rings. The lowest BCUT2D eigenvalue weighted by molar-refractivity contribution is 0.410. The molecule has 23 heavy (non-hydrogen) atoms. The molecule has 0 spiro atoms. The van der Waals surface area contributed by atoms with E-state index in [-0.39, 0.29) is 6.04 Å². The Morgan fingerprint density at radius 3 is 2.52 bits per heavy atom. The Hall–Kier alpha value is -2.01. The molecule has 3 rings (SSSR count). The molecule has 122 valence electrons. The van der Waals surface area contributed by atoms with Crippen LogP contribution in [-0.4, -0.2) is 21.6 Å². The van der Waals surface area contributed by atoms with Crippen LogP contribution in [0.4, 0.5) is 5.69 Å². The van der Waals surface area contributed by atoms with E-state index in [0.29, 0.717) is 10.6 Å². The highest BCUT2D eigenvalue weighted by Crippen LogP contribution is 2.38. The summed E-state index contributed by atoms with van der Waals surface area (Å²) >= 11 is 0. The van der Waals surface area contributed by atoms with Crippen LogP contribution >= 0.6 is 0 Å². The quantitative estimate of drug-likeness (QED) is 0.865. The van der Waals surface area contributed by atoms with Gasteiger partial charge >= 0.3 is 0 Å². The van der Waals surface area contributed by atoms with Gasteiger partial charge in [0.05, 0.1) is 17.7 Å². The summed E-state index contributed by atoms with van der Waals surface area (Å²) in [5.41, 5.74) is 3.51. The topological polar surface area (TPSA) is 46.6 Å². The lowest BCUT2D eigenvalue weighted by Crippen LogP contribution is -2.36. The Morgan fingerprint density at radius 2 is 1.83 bits per heavy atom. The van der Waals surface area contributed by atoms with E-state index in [1.807, 2.05) is 51.1 Å². The van der Waals surface area contributed by atoms with Crippen molar-refractivity contribution in [2.24, 2.45) is 0 Å². The van der Waals surface area contributed by atoms with Crippen molar-refractivity contribution >= 4 is 15.7 Å². The molecule has 4 nitrogen and oxygen atoms in total. The van der Waals surface area contributed by atoms with Crippen molar-refractivity contribution in [2.45, 2.75) is 38.1 Å². The maximum Gasteiger partial charge on any atom is 0.264 e. The van der Waals surface area contributed by atoms with Gasteiger partial charge < -0.3 is 4.74 Å². The van der Waals surface area contributed by atoms with Gasteiger partial charge in [-0.25, -0.2) is 8.42 Å². The number of hydrogen-bond donors (Lipinski definition) is 0. The molecule has 0 fully saturated rings. The van der Waals surface area contributed by atoms with Crippen LogP contribution in [0.15, 0.2) is 41.3 Å². The second-order valence-corrected chi connectivity index (χ2v) is 7.85. The van der Waals surface area contributed by atoms with E-state index < -0.39 is 10.0 Å². The molecule has 0 unspecified atom stereocenters. The van der Waals surface area contributed by atoms with Gasteiger partial charge in [-0.3, -0.25) is 4.31 Å². The Morgan fingerprint density at radius 1 is 1.13 bits per heavy atom. The minimum absolute atomic E-state index is 0.0934. The van der Waals surface area contributed by atoms with E-state index in [2.05, 4.69) is 0 Å². The number of sulfonamides is 1. The number of hydrogen-bond acceptors (Lipinski definition) is 3. The fraction of sp³-hybridized carbons (Fsp3) is 0.333. The number of aryl methyl sites for hydroxylation is 2. The fourth-order valence-corrected chi connectivity index (χ4v) is 5.24. The third-order valence-electron chi connectivity index (χ3n) is 4.37. The summed E-state index contributed by atoms with van der Waals surface area (Å²) in [6.45, 7) is 5.68. The SMILES string of the molecule is COc1cc(S(=O)(=O)N2c3ccccc3C[C@H]2C)c(C)cc1C. The highest BCUT2D eigenvalue weighted by Gasteiger charge is 2.36. The monoisotopic (exact) mass is 331 g/mol. The average Bonchev–Trinajstić information content (AvgIpc) is 2.83. The number of para-hydroxylation sites is 1. The molecule has 0 N–H and O–H groups in total. The standard InChI is InChI=1S/C18H21NO3S/c1-12-9-13(2)18(11-17(12)22-4)23(20,21)19-14(3)10-15-7-5-6-8-16(15)19/h5-9,11,14H,10H2,1-4H3/t14-/m1/s1. The van der Waals surface area contributed by atoms with Crippen LogP contribution in [0.1, 0.15) is 23.6 Å². The zero-order valence-electron chi connectivity index (χ0n) is 13.8. The first-order valence-electron chi connectivity index (χ1n) is 7.64. The van der Waals surface area contributed by atoms with Crippen molar-refractivity contribution in [3.63, 3.8) is 0 Å². The molecule has 1 aliphatic rings. The summed E-state index contributed by atoms with van der Waals surface area (Å²) in [7, 11) is -2.07. The van der Waals surface area contributed by atoms with Crippen LogP contribution in [0.5, 0.6) is 5.75 Å². The van der Waals surface area contributed by atoms with Crippen LogP contribution in [0.2, 0.25) is 0 Å². The summed E-state index contributed by atoms with van der Waals surface area (Å²) in [6, 6.07) is 11.1. The third-order valence-corrected chi connectivity index (χ3v) is 6.44. The largest absolute Gasteiger partial charge is 0.496 e. The zero-order chi connectivity index (χ0) is 16.8. The van der Waals surface area contributed by atoms with Gasteiger partial charge in [-0.05, 0) is 49.9 Å². The molecular formula is C18H21NO3S. The lowest BCUT2D eigenvalue weighted by Gasteiger charge is -2.25. The number of methoxy groups -OCH3 is 1. The summed E-state index contributed by atoms with van der Waals surface area (Å²) in [6.07, 6.45) is 0.734. The number of nitrogens with zero attached hydrogens (tertiary/aromatic N) is 1. The number of benzene rings is 2. The minimum atomic E-state index is -3.63. The molecule has 0 saturated heterocycles. The average molecular weight is 331 g/mol. The molecule has 5 heteroatoms. The molecule has 2 aromatic carbocycles. The Labute approximate surface area is 137 Å². The molecule has 0 aromatic heterocycles. The smallest absolute Gasteiger partial charge is 0.264 e. The number of ether oxygens (including phenoxy) is 1. The summed E-state index contributed by atoms with van der Waals surface area (Å²) in [5.74, 6) is 0.592. The fourth-order valence-electron chi connectivity index (χ4n) is 3.32. The van der Waals surface area contributed by atoms with Gasteiger partial charge in [0.2, 0.25) is 0 Å². The Bertz CT molecular complexity index is 859. The van der Waals surface area contributed by atoms with E-state index in [9.17, 15) is 8.42 Å². The normalized spacial score (nSPS) is 17.2. The van der Waals surface area contributed by atoms with Crippen molar-refractivity contribution in [3.8, 4) is 5.75 Å². The first-order valence-corrected chi connectivity index (χ1v) is 9.08. The van der Waals surface area contributed by atoms with Crippen LogP contribution in [0, 0.1) is 13.8 Å². The minimum Gasteiger partial charge on any atom is -0.496 e. The van der Waals surface area contributed by atoms with Gasteiger partial charge in [0, 0.05) is 12.1 Å². The molecule has 1 aliphatic heterocycles. The highest BCUT2D eigenvalue weighted by atomic mass is 32.2. The van der Waals surface area contributed by atoms with Gasteiger partial charge in [0.15, 0.2) is 0 Å². The Kier molecular flexibility index (Phi) is 3.84. The summed E-state index contributed by atoms with van der Waals surface area (Å²) in [5, 5.41) is 0. The van der Waals surface area contributed by atoms with Crippen LogP contribution < -0.4 is 9.04 Å². The predicted molar refractivity (Wildman–Crippen MR) is 91.7 cm³/mol. The summed E-state index contributed by atoms with van der Waals surface area (Å²) < 4.78 is 33.4. The van der Waals surface area contributed by atoms with Crippen molar-refractivity contribution < 1.29 is 13.2 Å². The third kappa shape index (κ3) is 2.49. The van der Waals surface area contributed by atoms with Gasteiger partial charge in [0.25, 0.3) is 10.0 Å². The molecule has 0 bridgehead atoms. The number of fused-ring (bicyclic) bond motifs is 1. The maximum atomic E-state index is 13.3. The molecule has 1 atom stereocenters. The molecule has 1 heterocycles. The molecule has 0 radical (unpaired) electrons. The van der Waals surface area contributed by atoms with E-state index in [4.69, 9.17) is 4.74 Å². The zero-order valence-corrected chi connectivity index (χ0v) is 14.6. The van der Waals surface area contributed by atoms with E-state index in [1.54, 1.807) is 17.5 Å². The van der Waals surface area contributed by atoms with E-state index in [0.717, 1.165) is 28.8 Å². The van der Waals surface area contributed by atoms with Crippen molar-refractivity contribution in [2.75, 3.05) is 11.4 Å². The molecule has 0 amide bonds. The highest BCUT2D eigenvalue weighted by molar-refractivity contribution is 7.93. The van der Waals surface area contributed by atoms with E-state index >= 15 is 0 Å². The molecular weight excluding hydrogens is 310 g/mol. The summed E-state index contributed by atoms with van der Waals surface area (Å²) in [4.78, 5) is 0.309. The van der Waals surface area contributed by atoms with Gasteiger partial charge in [-0.15, -0.1) is 0 Å². The number of rotatable bonds is 3. The Balaban J connectivity index is 2.17. The van der Waals surface area contributed by atoms with Gasteiger partial charge in [0.1, 0.15) is 5.75 Å². The van der Waals surface area contributed by atoms with Gasteiger partial charge in [-0.1, -0.05) is 24.3 Å². The van der Waals surface area contributed by atoms with E-state index in [1.165, 1.54) is 0 Å². The van der Waals surface area contributed by atoms with Gasteiger partial charge in [-0.2, -0.15) is 0 Å². The molecule has 0 aliphatic carbocycles. The van der Waals surface area contributed by atoms with Crippen LogP contribution in [0.3, 0.4) is 0 Å². The maximum absolute atomic E-state index is 13.3. The van der Waals surface area contributed by atoms with Crippen LogP contribution in [0.25, 0.3) is 0 Å². The second kappa shape index (κ2) is 5.57. The van der Waals surface area contributed by atoms with Crippen molar-refractivity contribution in [1.29, 1.82) is 0 Å². The second-order valence-electron chi connectivity index (χ2n) is 6.07. The predicted octanol–water partition coefficient (Wildman–Crippen LogP) is 3.45. The first kappa shape index (κ1) is 15.9. The molecule has 0 saturated carbocycles.